The van der Waals surface area contributed by atoms with E-state index in [9.17, 15) is 18.4 Å². The molecule has 0 fully saturated rings. The van der Waals surface area contributed by atoms with Crippen LogP contribution in [0.1, 0.15) is 39.1 Å². The molecule has 3 aromatic rings. The van der Waals surface area contributed by atoms with Gasteiger partial charge in [0.2, 0.25) is 0 Å². The monoisotopic (exact) mass is 537 g/mol. The van der Waals surface area contributed by atoms with Gasteiger partial charge in [0.05, 0.1) is 5.69 Å². The molecule has 10 heteroatoms. The van der Waals surface area contributed by atoms with Crippen molar-refractivity contribution in [2.24, 2.45) is 0 Å². The molecule has 148 valence electrons. The highest BCUT2D eigenvalue weighted by atomic mass is 127. The Morgan fingerprint density at radius 2 is 2.11 bits per heavy atom. The molecule has 0 unspecified atom stereocenters. The number of alkyl halides is 3. The summed E-state index contributed by atoms with van der Waals surface area (Å²) in [6.45, 7) is 3.97. The molecule has 28 heavy (non-hydrogen) atoms. The highest BCUT2D eigenvalue weighted by Gasteiger charge is 2.27. The molecule has 0 radical (unpaired) electrons. The predicted molar refractivity (Wildman–Crippen MR) is 114 cm³/mol. The van der Waals surface area contributed by atoms with Gasteiger partial charge in [-0.25, -0.2) is 9.38 Å². The minimum absolute atomic E-state index is 0.124. The van der Waals surface area contributed by atoms with Crippen LogP contribution in [0.15, 0.2) is 29.1 Å². The Morgan fingerprint density at radius 1 is 1.39 bits per heavy atom. The van der Waals surface area contributed by atoms with Crippen molar-refractivity contribution < 1.29 is 13.6 Å². The molecule has 0 saturated carbocycles. The van der Waals surface area contributed by atoms with Crippen LogP contribution in [0.5, 0.6) is 0 Å². The fourth-order valence-corrected chi connectivity index (χ4v) is 4.31. The predicted octanol–water partition coefficient (Wildman–Crippen LogP) is 4.54. The average molecular weight is 538 g/mol. The first-order valence-corrected chi connectivity index (χ1v) is 10.5. The molecule has 0 aliphatic rings. The number of aryl methyl sites for hydroxylation is 1. The second-order valence-corrected chi connectivity index (χ2v) is 8.99. The molecule has 3 rings (SSSR count). The maximum Gasteiger partial charge on any atom is 0.321 e. The number of hydrogen-bond donors (Lipinski definition) is 1. The number of carbonyl (C=O) groups excluding carboxylic acids is 1. The number of fused-ring (bicyclic) bond motifs is 1. The van der Waals surface area contributed by atoms with E-state index in [0.29, 0.717) is 32.7 Å². The zero-order chi connectivity index (χ0) is 20.6. The molecule has 2 heterocycles. The smallest absolute Gasteiger partial charge is 0.321 e. The summed E-state index contributed by atoms with van der Waals surface area (Å²) in [7, 11) is 0. The van der Waals surface area contributed by atoms with Crippen molar-refractivity contribution in [1.29, 1.82) is 0 Å². The molecular weight excluding hydrogens is 523 g/mol. The van der Waals surface area contributed by atoms with Crippen LogP contribution >= 0.6 is 45.5 Å². The maximum atomic E-state index is 13.6. The molecule has 0 bridgehead atoms. The second-order valence-electron chi connectivity index (χ2n) is 6.05. The van der Waals surface area contributed by atoms with Gasteiger partial charge in [-0.05, 0) is 31.5 Å². The number of benzene rings is 1. The molecule has 0 spiro atoms. The Bertz CT molecular complexity index is 1120. The number of nitrogens with zero attached hydrogens (tertiary/aromatic N) is 2. The van der Waals surface area contributed by atoms with Gasteiger partial charge in [-0.15, -0.1) is 11.3 Å². The Hall–Kier alpha value is -1.59. The molecule has 5 nitrogen and oxygen atoms in total. The van der Waals surface area contributed by atoms with E-state index in [1.165, 1.54) is 40.0 Å². The summed E-state index contributed by atoms with van der Waals surface area (Å²) >= 11 is 8.43. The molecule has 0 aliphatic carbocycles. The van der Waals surface area contributed by atoms with Crippen LogP contribution in [0.25, 0.3) is 4.96 Å². The van der Waals surface area contributed by atoms with Crippen molar-refractivity contribution in [3.63, 3.8) is 0 Å². The fraction of sp³-hybridized carbons (Fsp3) is 0.278. The number of rotatable bonds is 5. The van der Waals surface area contributed by atoms with Gasteiger partial charge >= 0.3 is 3.93 Å². The lowest BCUT2D eigenvalue weighted by molar-refractivity contribution is 0.0949. The van der Waals surface area contributed by atoms with Crippen LogP contribution in [-0.2, 0) is 10.4 Å². The Labute approximate surface area is 181 Å². The van der Waals surface area contributed by atoms with Crippen LogP contribution in [0.4, 0.5) is 8.78 Å². The van der Waals surface area contributed by atoms with Crippen molar-refractivity contribution >= 4 is 56.4 Å². The van der Waals surface area contributed by atoms with Crippen molar-refractivity contribution in [3.8, 4) is 0 Å². The quantitative estimate of drug-likeness (QED) is 0.384. The molecular formula is C18H15ClF2IN3O2S. The van der Waals surface area contributed by atoms with Crippen LogP contribution in [0.2, 0.25) is 5.02 Å². The first kappa shape index (κ1) is 21.1. The number of aromatic nitrogens is 2. The van der Waals surface area contributed by atoms with E-state index in [4.69, 9.17) is 11.6 Å². The highest BCUT2D eigenvalue weighted by Crippen LogP contribution is 2.37. The van der Waals surface area contributed by atoms with E-state index >= 15 is 0 Å². The van der Waals surface area contributed by atoms with Crippen molar-refractivity contribution in [2.45, 2.75) is 24.2 Å². The topological polar surface area (TPSA) is 63.5 Å². The van der Waals surface area contributed by atoms with Crippen molar-refractivity contribution in [3.05, 3.63) is 67.0 Å². The van der Waals surface area contributed by atoms with Crippen LogP contribution in [0, 0.1) is 6.92 Å². The van der Waals surface area contributed by atoms with E-state index in [0.717, 1.165) is 22.6 Å². The third-order valence-corrected chi connectivity index (χ3v) is 5.99. The third kappa shape index (κ3) is 4.20. The van der Waals surface area contributed by atoms with Gasteiger partial charge < -0.3 is 5.32 Å². The van der Waals surface area contributed by atoms with Crippen LogP contribution in [0.3, 0.4) is 0 Å². The zero-order valence-corrected chi connectivity index (χ0v) is 18.6. The minimum Gasteiger partial charge on any atom is -0.351 e. The zero-order valence-electron chi connectivity index (χ0n) is 14.9. The van der Waals surface area contributed by atoms with Gasteiger partial charge in [-0.1, -0.05) is 17.7 Å². The molecule has 0 atom stereocenters. The number of thiazole rings is 1. The molecule has 1 amide bonds. The highest BCUT2D eigenvalue weighted by molar-refractivity contribution is 14.1. The van der Waals surface area contributed by atoms with E-state index in [-0.39, 0.29) is 23.6 Å². The summed E-state index contributed by atoms with van der Waals surface area (Å²) in [4.78, 5) is 30.4. The van der Waals surface area contributed by atoms with Crippen LogP contribution in [-0.4, -0.2) is 21.8 Å². The molecule has 2 aromatic heterocycles. The summed E-state index contributed by atoms with van der Waals surface area (Å²) in [5, 5.41) is 3.00. The first-order chi connectivity index (χ1) is 13.1. The molecule has 0 aliphatic heterocycles. The van der Waals surface area contributed by atoms with Crippen molar-refractivity contribution in [2.75, 3.05) is 6.54 Å². The summed E-state index contributed by atoms with van der Waals surface area (Å²) in [5.74, 6) is -0.345. The summed E-state index contributed by atoms with van der Waals surface area (Å²) in [6.07, 6.45) is 0.124. The Kier molecular flexibility index (Phi) is 6.06. The third-order valence-electron chi connectivity index (χ3n) is 4.04. The SMILES string of the molecule is CCNC(=O)c1c(C)sc2nc(Cc3cc(C(F)(F)I)ccc3Cl)cc(=O)n12. The lowest BCUT2D eigenvalue weighted by atomic mass is 10.1. The van der Waals surface area contributed by atoms with E-state index in [1.807, 2.05) is 0 Å². The number of halogens is 4. The maximum absolute atomic E-state index is 13.6. The van der Waals surface area contributed by atoms with Crippen LogP contribution < -0.4 is 10.9 Å². The second kappa shape index (κ2) is 8.03. The largest absolute Gasteiger partial charge is 0.351 e. The Morgan fingerprint density at radius 3 is 2.75 bits per heavy atom. The molecule has 0 saturated heterocycles. The minimum atomic E-state index is -3.03. The normalized spacial score (nSPS) is 11.8. The van der Waals surface area contributed by atoms with Gasteiger partial charge in [0.1, 0.15) is 5.69 Å². The lowest BCUT2D eigenvalue weighted by Gasteiger charge is -2.12. The molecule has 1 N–H and O–H groups in total. The van der Waals surface area contributed by atoms with E-state index in [1.54, 1.807) is 13.8 Å². The lowest BCUT2D eigenvalue weighted by Crippen LogP contribution is -2.28. The Balaban J connectivity index is 2.05. The van der Waals surface area contributed by atoms with E-state index < -0.39 is 9.49 Å². The molecule has 1 aromatic carbocycles. The average Bonchev–Trinajstić information content (AvgIpc) is 2.92. The van der Waals surface area contributed by atoms with Gasteiger partial charge in [0.25, 0.3) is 11.5 Å². The fourth-order valence-electron chi connectivity index (χ4n) is 2.80. The number of carbonyl (C=O) groups is 1. The van der Waals surface area contributed by atoms with Gasteiger partial charge in [0.15, 0.2) is 4.96 Å². The van der Waals surface area contributed by atoms with E-state index in [2.05, 4.69) is 10.3 Å². The summed E-state index contributed by atoms with van der Waals surface area (Å²) in [5.41, 5.74) is 0.525. The number of nitrogens with one attached hydrogen (secondary N) is 1. The van der Waals surface area contributed by atoms with Crippen molar-refractivity contribution in [1.82, 2.24) is 14.7 Å². The van der Waals surface area contributed by atoms with Gasteiger partial charge in [0, 0.05) is 57.1 Å². The van der Waals surface area contributed by atoms with Gasteiger partial charge in [-0.3, -0.25) is 9.59 Å². The standard InChI is InChI=1S/C18H15ClF2IN3O2S/c1-3-23-16(27)15-9(2)28-17-24-12(8-14(26)25(15)17)7-10-6-11(18(20,21)22)4-5-13(10)19/h4-6,8H,3,7H2,1-2H3,(H,23,27). The number of amides is 1. The van der Waals surface area contributed by atoms with Gasteiger partial charge in [-0.2, -0.15) is 8.78 Å². The number of hydrogen-bond acceptors (Lipinski definition) is 4. The summed E-state index contributed by atoms with van der Waals surface area (Å²) in [6, 6.07) is 5.29. The summed E-state index contributed by atoms with van der Waals surface area (Å²) < 4.78 is 25.4. The first-order valence-electron chi connectivity index (χ1n) is 8.27.